The fraction of sp³-hybridized carbons (Fsp3) is 0.750. The summed E-state index contributed by atoms with van der Waals surface area (Å²) in [4.78, 5) is 22.2. The van der Waals surface area contributed by atoms with Gasteiger partial charge in [0.25, 0.3) is 0 Å². The lowest BCUT2D eigenvalue weighted by molar-refractivity contribution is -0.146. The van der Waals surface area contributed by atoms with Crippen molar-refractivity contribution < 1.29 is 14.3 Å². The minimum Gasteiger partial charge on any atom is -0.462 e. The van der Waals surface area contributed by atoms with E-state index in [2.05, 4.69) is 34.7 Å². The average Bonchev–Trinajstić information content (AvgIpc) is 3.44. The Morgan fingerprint density at radius 2 is 2.07 bits per heavy atom. The molecule has 0 radical (unpaired) electrons. The zero-order valence-electron chi connectivity index (χ0n) is 18.1. The molecule has 1 aromatic rings. The second-order valence-electron chi connectivity index (χ2n) is 10.5. The largest absolute Gasteiger partial charge is 0.462 e. The molecule has 0 amide bonds. The van der Waals surface area contributed by atoms with Crippen molar-refractivity contribution in [2.75, 3.05) is 37.6 Å². The number of epoxide rings is 1. The monoisotopic (exact) mass is 411 g/mol. The normalized spacial score (nSPS) is 45.3. The molecule has 4 heterocycles. The molecule has 2 saturated carbocycles. The number of carbonyl (C=O) groups excluding carboxylic acids is 1. The summed E-state index contributed by atoms with van der Waals surface area (Å²) >= 11 is 0. The van der Waals surface area contributed by atoms with Crippen LogP contribution in [-0.4, -0.2) is 66.4 Å². The van der Waals surface area contributed by atoms with Crippen LogP contribution in [-0.2, 0) is 14.3 Å². The van der Waals surface area contributed by atoms with Crippen molar-refractivity contribution in [3.05, 3.63) is 24.4 Å². The third-order valence-electron chi connectivity index (χ3n) is 8.99. The van der Waals surface area contributed by atoms with Crippen LogP contribution >= 0.6 is 0 Å². The van der Waals surface area contributed by atoms with Crippen molar-refractivity contribution in [2.45, 2.75) is 57.3 Å². The van der Waals surface area contributed by atoms with Crippen LogP contribution in [0.25, 0.3) is 0 Å². The summed E-state index contributed by atoms with van der Waals surface area (Å²) in [5.41, 5.74) is 0.163. The summed E-state index contributed by atoms with van der Waals surface area (Å²) in [5, 5.41) is 0. The van der Waals surface area contributed by atoms with Gasteiger partial charge in [-0.1, -0.05) is 26.3 Å². The van der Waals surface area contributed by atoms with Crippen molar-refractivity contribution >= 4 is 11.8 Å². The van der Waals surface area contributed by atoms with E-state index >= 15 is 0 Å². The molecule has 6 nitrogen and oxygen atoms in total. The number of fused-ring (bicyclic) bond motifs is 2. The molecular formula is C24H33N3O3. The molecule has 1 aromatic heterocycles. The SMILES string of the molecule is C[C@H]1CCC[C@]2(C)C[C@H]3OC(=O)[C@H](CN4CCN(c5ccccn5)CC4)[C@H]3[C@H]3O[C@]312. The molecule has 5 fully saturated rings. The second kappa shape index (κ2) is 6.67. The lowest BCUT2D eigenvalue weighted by Crippen LogP contribution is -2.55. The number of rotatable bonds is 3. The van der Waals surface area contributed by atoms with Crippen molar-refractivity contribution in [1.29, 1.82) is 0 Å². The third-order valence-corrected chi connectivity index (χ3v) is 8.99. The van der Waals surface area contributed by atoms with Crippen LogP contribution < -0.4 is 4.90 Å². The van der Waals surface area contributed by atoms with Gasteiger partial charge in [-0.05, 0) is 37.3 Å². The van der Waals surface area contributed by atoms with Crippen LogP contribution in [0.2, 0.25) is 0 Å². The first-order valence-corrected chi connectivity index (χ1v) is 11.8. The Balaban J connectivity index is 1.15. The highest BCUT2D eigenvalue weighted by Gasteiger charge is 2.78. The van der Waals surface area contributed by atoms with Gasteiger partial charge in [0.1, 0.15) is 17.5 Å². The van der Waals surface area contributed by atoms with Gasteiger partial charge in [-0.15, -0.1) is 0 Å². The van der Waals surface area contributed by atoms with E-state index in [1.54, 1.807) is 0 Å². The van der Waals surface area contributed by atoms with Crippen LogP contribution in [0.3, 0.4) is 0 Å². The fourth-order valence-electron chi connectivity index (χ4n) is 7.42. The molecule has 6 heteroatoms. The number of ether oxygens (including phenoxy) is 2. The summed E-state index contributed by atoms with van der Waals surface area (Å²) in [5.74, 6) is 1.83. The van der Waals surface area contributed by atoms with Gasteiger partial charge in [0.2, 0.25) is 0 Å². The third kappa shape index (κ3) is 2.62. The Hall–Kier alpha value is -1.66. The predicted molar refractivity (Wildman–Crippen MR) is 113 cm³/mol. The van der Waals surface area contributed by atoms with Crippen molar-refractivity contribution in [3.63, 3.8) is 0 Å². The predicted octanol–water partition coefficient (Wildman–Crippen LogP) is 2.73. The highest BCUT2D eigenvalue weighted by Crippen LogP contribution is 2.70. The van der Waals surface area contributed by atoms with Gasteiger partial charge >= 0.3 is 5.97 Å². The minimum absolute atomic E-state index is 0.00365. The first kappa shape index (κ1) is 19.1. The van der Waals surface area contributed by atoms with Gasteiger partial charge in [0.05, 0.1) is 12.0 Å². The molecule has 162 valence electrons. The zero-order chi connectivity index (χ0) is 20.5. The molecule has 6 rings (SSSR count). The van der Waals surface area contributed by atoms with Crippen LogP contribution in [0.1, 0.15) is 39.5 Å². The Morgan fingerprint density at radius 1 is 1.23 bits per heavy atom. The second-order valence-corrected chi connectivity index (χ2v) is 10.5. The fourth-order valence-corrected chi connectivity index (χ4v) is 7.42. The highest BCUT2D eigenvalue weighted by molar-refractivity contribution is 5.76. The molecular weight excluding hydrogens is 378 g/mol. The Morgan fingerprint density at radius 3 is 2.83 bits per heavy atom. The van der Waals surface area contributed by atoms with Crippen LogP contribution in [0.15, 0.2) is 24.4 Å². The maximum absolute atomic E-state index is 12.9. The molecule has 5 aliphatic rings. The summed E-state index contributed by atoms with van der Waals surface area (Å²) in [7, 11) is 0. The van der Waals surface area contributed by atoms with E-state index in [1.807, 2.05) is 18.3 Å². The highest BCUT2D eigenvalue weighted by atomic mass is 16.6. The van der Waals surface area contributed by atoms with E-state index in [0.29, 0.717) is 5.92 Å². The number of hydrogen-bond acceptors (Lipinski definition) is 6. The summed E-state index contributed by atoms with van der Waals surface area (Å²) in [6.45, 7) is 9.37. The molecule has 30 heavy (non-hydrogen) atoms. The van der Waals surface area contributed by atoms with Crippen LogP contribution in [0.4, 0.5) is 5.82 Å². The molecule has 3 aliphatic heterocycles. The van der Waals surface area contributed by atoms with Gasteiger partial charge < -0.3 is 14.4 Å². The molecule has 0 bridgehead atoms. The minimum atomic E-state index is -0.0422. The van der Waals surface area contributed by atoms with Crippen molar-refractivity contribution in [3.8, 4) is 0 Å². The quantitative estimate of drug-likeness (QED) is 0.563. The Labute approximate surface area is 178 Å². The number of piperazine rings is 1. The van der Waals surface area contributed by atoms with Gasteiger partial charge in [-0.2, -0.15) is 0 Å². The van der Waals surface area contributed by atoms with Gasteiger partial charge in [-0.25, -0.2) is 4.98 Å². The van der Waals surface area contributed by atoms with E-state index in [0.717, 1.165) is 45.0 Å². The van der Waals surface area contributed by atoms with E-state index in [1.165, 1.54) is 19.3 Å². The standard InChI is InChI=1S/C24H33N3O3/c1-16-6-5-8-23(2)14-18-20(21-24(16,23)30-21)17(22(28)29-18)15-26-10-12-27(13-11-26)19-7-3-4-9-25-19/h3-4,7,9,16-18,20-21H,5-6,8,10-15H2,1-2H3/t16-,17+,18+,20+,21+,23+,24-/m0/s1. The maximum Gasteiger partial charge on any atom is 0.311 e. The topological polar surface area (TPSA) is 58.2 Å². The van der Waals surface area contributed by atoms with E-state index in [4.69, 9.17) is 9.47 Å². The molecule has 7 atom stereocenters. The summed E-state index contributed by atoms with van der Waals surface area (Å²) in [6.07, 6.45) is 6.81. The van der Waals surface area contributed by atoms with E-state index in [-0.39, 0.29) is 41.0 Å². The summed E-state index contributed by atoms with van der Waals surface area (Å²) in [6, 6.07) is 6.07. The lowest BCUT2D eigenvalue weighted by Gasteiger charge is -2.49. The average molecular weight is 412 g/mol. The molecule has 0 aromatic carbocycles. The number of nitrogens with zero attached hydrogens (tertiary/aromatic N) is 3. The molecule has 0 N–H and O–H groups in total. The van der Waals surface area contributed by atoms with Crippen LogP contribution in [0.5, 0.6) is 0 Å². The number of anilines is 1. The molecule has 1 spiro atoms. The zero-order valence-corrected chi connectivity index (χ0v) is 18.1. The van der Waals surface area contributed by atoms with Crippen LogP contribution in [0, 0.1) is 23.2 Å². The van der Waals surface area contributed by atoms with E-state index in [9.17, 15) is 4.79 Å². The molecule has 3 saturated heterocycles. The number of esters is 1. The molecule has 2 aliphatic carbocycles. The van der Waals surface area contributed by atoms with Gasteiger partial charge in [0, 0.05) is 50.3 Å². The lowest BCUT2D eigenvalue weighted by atomic mass is 9.53. The smallest absolute Gasteiger partial charge is 0.311 e. The number of pyridine rings is 1. The van der Waals surface area contributed by atoms with Crippen molar-refractivity contribution in [1.82, 2.24) is 9.88 Å². The first-order chi connectivity index (χ1) is 14.5. The Bertz CT molecular complexity index is 826. The number of aromatic nitrogens is 1. The summed E-state index contributed by atoms with van der Waals surface area (Å²) < 4.78 is 12.6. The molecule has 0 unspecified atom stereocenters. The van der Waals surface area contributed by atoms with E-state index < -0.39 is 0 Å². The maximum atomic E-state index is 12.9. The Kier molecular flexibility index (Phi) is 4.24. The van der Waals surface area contributed by atoms with Gasteiger partial charge in [-0.3, -0.25) is 9.69 Å². The van der Waals surface area contributed by atoms with Crippen molar-refractivity contribution in [2.24, 2.45) is 23.2 Å². The number of hydrogen-bond donors (Lipinski definition) is 0. The number of carbonyl (C=O) groups is 1. The van der Waals surface area contributed by atoms with Gasteiger partial charge in [0.15, 0.2) is 0 Å². The first-order valence-electron chi connectivity index (χ1n) is 11.8.